The van der Waals surface area contributed by atoms with Crippen LogP contribution in [0.2, 0.25) is 0 Å². The lowest BCUT2D eigenvalue weighted by molar-refractivity contribution is 0.0676. The third kappa shape index (κ3) is 4.83. The largest absolute Gasteiger partial charge is 0.383 e. The van der Waals surface area contributed by atoms with Crippen LogP contribution in [0, 0.1) is 5.82 Å². The first-order valence-corrected chi connectivity index (χ1v) is 11.0. The second-order valence-electron chi connectivity index (χ2n) is 7.93. The molecular formula is C25H28FN3O3. The van der Waals surface area contributed by atoms with E-state index in [1.807, 2.05) is 30.3 Å². The number of aromatic nitrogens is 1. The minimum absolute atomic E-state index is 0.0424. The molecule has 0 aliphatic carbocycles. The van der Waals surface area contributed by atoms with Crippen LogP contribution in [0.25, 0.3) is 11.3 Å². The van der Waals surface area contributed by atoms with Gasteiger partial charge in [0.25, 0.3) is 5.91 Å². The van der Waals surface area contributed by atoms with Crippen molar-refractivity contribution in [3.8, 4) is 11.3 Å². The monoisotopic (exact) mass is 437 g/mol. The molecule has 1 fully saturated rings. The summed E-state index contributed by atoms with van der Waals surface area (Å²) in [5.41, 5.74) is 2.49. The summed E-state index contributed by atoms with van der Waals surface area (Å²) in [7, 11) is 1.58. The molecule has 2 aromatic carbocycles. The summed E-state index contributed by atoms with van der Waals surface area (Å²) in [5.74, 6) is -0.234. The molecule has 3 aromatic rings. The van der Waals surface area contributed by atoms with Crippen molar-refractivity contribution in [1.29, 1.82) is 0 Å². The van der Waals surface area contributed by atoms with Crippen LogP contribution < -0.4 is 4.90 Å². The predicted molar refractivity (Wildman–Crippen MR) is 121 cm³/mol. The van der Waals surface area contributed by atoms with E-state index in [9.17, 15) is 9.18 Å². The summed E-state index contributed by atoms with van der Waals surface area (Å²) in [6.07, 6.45) is 3.36. The number of hydrogen-bond acceptors (Lipinski definition) is 5. The van der Waals surface area contributed by atoms with Gasteiger partial charge in [-0.25, -0.2) is 4.39 Å². The topological polar surface area (TPSA) is 58.8 Å². The highest BCUT2D eigenvalue weighted by Gasteiger charge is 2.28. The van der Waals surface area contributed by atoms with Gasteiger partial charge in [0.1, 0.15) is 11.5 Å². The Hall–Kier alpha value is -3.19. The van der Waals surface area contributed by atoms with Gasteiger partial charge in [0.15, 0.2) is 0 Å². The number of ether oxygens (including phenoxy) is 1. The Morgan fingerprint density at radius 3 is 2.53 bits per heavy atom. The smallest absolute Gasteiger partial charge is 0.257 e. The van der Waals surface area contributed by atoms with Crippen molar-refractivity contribution in [2.24, 2.45) is 0 Å². The van der Waals surface area contributed by atoms with Crippen LogP contribution in [-0.2, 0) is 11.3 Å². The molecule has 7 heteroatoms. The van der Waals surface area contributed by atoms with Crippen LogP contribution in [0.1, 0.15) is 35.2 Å². The second kappa shape index (κ2) is 10.4. The summed E-state index contributed by atoms with van der Waals surface area (Å²) >= 11 is 0. The average molecular weight is 438 g/mol. The molecule has 6 nitrogen and oxygen atoms in total. The van der Waals surface area contributed by atoms with Crippen molar-refractivity contribution in [3.63, 3.8) is 0 Å². The number of rotatable bonds is 8. The van der Waals surface area contributed by atoms with Crippen molar-refractivity contribution >= 4 is 11.8 Å². The Kier molecular flexibility index (Phi) is 7.17. The predicted octanol–water partition coefficient (Wildman–Crippen LogP) is 4.76. The van der Waals surface area contributed by atoms with Crippen molar-refractivity contribution in [2.45, 2.75) is 25.8 Å². The average Bonchev–Trinajstić information content (AvgIpc) is 3.26. The fourth-order valence-electron chi connectivity index (χ4n) is 4.06. The molecule has 1 amide bonds. The lowest BCUT2D eigenvalue weighted by Gasteiger charge is -2.28. The number of halogens is 1. The van der Waals surface area contributed by atoms with E-state index < -0.39 is 5.82 Å². The van der Waals surface area contributed by atoms with Crippen LogP contribution in [-0.4, -0.2) is 49.3 Å². The molecule has 0 unspecified atom stereocenters. The second-order valence-corrected chi connectivity index (χ2v) is 7.93. The quantitative estimate of drug-likeness (QED) is 0.509. The maximum absolute atomic E-state index is 14.4. The van der Waals surface area contributed by atoms with Crippen molar-refractivity contribution in [3.05, 3.63) is 71.5 Å². The van der Waals surface area contributed by atoms with Gasteiger partial charge in [-0.1, -0.05) is 47.6 Å². The molecule has 0 N–H and O–H groups in total. The molecule has 1 aliphatic heterocycles. The lowest BCUT2D eigenvalue weighted by atomic mass is 10.0. The first-order valence-electron chi connectivity index (χ1n) is 11.0. The normalized spacial score (nSPS) is 13.9. The van der Waals surface area contributed by atoms with Crippen LogP contribution in [0.4, 0.5) is 10.3 Å². The standard InChI is InChI=1S/C25H28FN3O3/c1-31-17-16-29(24(30)20-12-6-7-13-22(20)26)18-21-23(19-10-4-2-5-11-19)27-32-25(21)28-14-8-3-9-15-28/h2,4-7,10-13H,3,8-9,14-18H2,1H3. The molecule has 1 aliphatic rings. The SMILES string of the molecule is COCCN(Cc1c(-c2ccccc2)noc1N1CCCCC1)C(=O)c1ccccc1F. The highest BCUT2D eigenvalue weighted by molar-refractivity contribution is 5.94. The van der Waals surface area contributed by atoms with Gasteiger partial charge in [0.2, 0.25) is 5.88 Å². The van der Waals surface area contributed by atoms with Crippen LogP contribution in [0.5, 0.6) is 0 Å². The zero-order valence-electron chi connectivity index (χ0n) is 18.3. The summed E-state index contributed by atoms with van der Waals surface area (Å²) in [6, 6.07) is 15.8. The van der Waals surface area contributed by atoms with Gasteiger partial charge < -0.3 is 19.1 Å². The number of hydrogen-bond donors (Lipinski definition) is 0. The fraction of sp³-hybridized carbons (Fsp3) is 0.360. The molecule has 0 spiro atoms. The van der Waals surface area contributed by atoms with E-state index in [1.54, 1.807) is 24.1 Å². The molecule has 0 radical (unpaired) electrons. The molecule has 2 heterocycles. The molecule has 1 saturated heterocycles. The van der Waals surface area contributed by atoms with Crippen LogP contribution in [0.15, 0.2) is 59.1 Å². The zero-order chi connectivity index (χ0) is 22.3. The molecule has 0 saturated carbocycles. The number of carbonyl (C=O) groups excluding carboxylic acids is 1. The minimum Gasteiger partial charge on any atom is -0.383 e. The van der Waals surface area contributed by atoms with Gasteiger partial charge in [0.05, 0.1) is 24.3 Å². The van der Waals surface area contributed by atoms with Gasteiger partial charge in [-0.3, -0.25) is 4.79 Å². The Balaban J connectivity index is 1.72. The fourth-order valence-corrected chi connectivity index (χ4v) is 4.06. The Morgan fingerprint density at radius 1 is 1.09 bits per heavy atom. The molecule has 32 heavy (non-hydrogen) atoms. The highest BCUT2D eigenvalue weighted by atomic mass is 19.1. The third-order valence-electron chi connectivity index (χ3n) is 5.76. The van der Waals surface area contributed by atoms with Crippen LogP contribution >= 0.6 is 0 Å². The van der Waals surface area contributed by atoms with Gasteiger partial charge in [-0.15, -0.1) is 0 Å². The lowest BCUT2D eigenvalue weighted by Crippen LogP contribution is -2.35. The zero-order valence-corrected chi connectivity index (χ0v) is 18.3. The Morgan fingerprint density at radius 2 is 1.81 bits per heavy atom. The summed E-state index contributed by atoms with van der Waals surface area (Å²) in [4.78, 5) is 17.1. The van der Waals surface area contributed by atoms with Gasteiger partial charge in [-0.2, -0.15) is 0 Å². The number of piperidine rings is 1. The molecule has 1 aromatic heterocycles. The number of methoxy groups -OCH3 is 1. The van der Waals surface area contributed by atoms with E-state index in [2.05, 4.69) is 10.1 Å². The van der Waals surface area contributed by atoms with Crippen molar-refractivity contribution in [1.82, 2.24) is 10.1 Å². The van der Waals surface area contributed by atoms with Gasteiger partial charge in [0, 0.05) is 32.3 Å². The summed E-state index contributed by atoms with van der Waals surface area (Å²) < 4.78 is 25.5. The summed E-state index contributed by atoms with van der Waals surface area (Å²) in [6.45, 7) is 2.68. The molecular weight excluding hydrogens is 409 g/mol. The first-order chi connectivity index (χ1) is 15.7. The van der Waals surface area contributed by atoms with Crippen molar-refractivity contribution in [2.75, 3.05) is 38.3 Å². The minimum atomic E-state index is -0.537. The number of anilines is 1. The van der Waals surface area contributed by atoms with E-state index in [1.165, 1.54) is 18.6 Å². The molecule has 168 valence electrons. The first kappa shape index (κ1) is 22.0. The molecule has 0 atom stereocenters. The van der Waals surface area contributed by atoms with E-state index >= 15 is 0 Å². The van der Waals surface area contributed by atoms with Crippen LogP contribution in [0.3, 0.4) is 0 Å². The Labute approximate surface area is 187 Å². The third-order valence-corrected chi connectivity index (χ3v) is 5.76. The maximum atomic E-state index is 14.4. The number of amides is 1. The van der Waals surface area contributed by atoms with E-state index in [0.29, 0.717) is 24.7 Å². The molecule has 4 rings (SSSR count). The van der Waals surface area contributed by atoms with E-state index in [0.717, 1.165) is 37.1 Å². The maximum Gasteiger partial charge on any atom is 0.257 e. The van der Waals surface area contributed by atoms with E-state index in [4.69, 9.17) is 9.26 Å². The number of benzene rings is 2. The Bertz CT molecular complexity index is 1030. The number of carbonyl (C=O) groups is 1. The number of nitrogens with zero attached hydrogens (tertiary/aromatic N) is 3. The molecule has 0 bridgehead atoms. The summed E-state index contributed by atoms with van der Waals surface area (Å²) in [5, 5.41) is 4.38. The highest BCUT2D eigenvalue weighted by Crippen LogP contribution is 2.34. The van der Waals surface area contributed by atoms with Gasteiger partial charge >= 0.3 is 0 Å². The van der Waals surface area contributed by atoms with E-state index in [-0.39, 0.29) is 18.0 Å². The van der Waals surface area contributed by atoms with Gasteiger partial charge in [-0.05, 0) is 31.4 Å². The van der Waals surface area contributed by atoms with Crippen molar-refractivity contribution < 1.29 is 18.4 Å².